The number of rotatable bonds is 0. The molecule has 2 aliphatic rings. The first-order chi connectivity index (χ1) is 7.36. The molecular weight excluding hydrogens is 234 g/mol. The Morgan fingerprint density at radius 2 is 1.88 bits per heavy atom. The van der Waals surface area contributed by atoms with Gasteiger partial charge in [-0.05, 0) is 12.8 Å². The molecule has 2 aliphatic heterocycles. The van der Waals surface area contributed by atoms with E-state index in [1.165, 1.54) is 45.2 Å². The Hall–Kier alpha value is -0.200. The van der Waals surface area contributed by atoms with E-state index in [0.29, 0.717) is 0 Å². The summed E-state index contributed by atoms with van der Waals surface area (Å²) in [6, 6.07) is 0. The Labute approximate surface area is 97.8 Å². The predicted octanol–water partition coefficient (Wildman–Crippen LogP) is -0.806. The molecule has 0 saturated carbocycles. The molecule has 0 bridgehead atoms. The van der Waals surface area contributed by atoms with Crippen LogP contribution in [-0.4, -0.2) is 37.4 Å². The van der Waals surface area contributed by atoms with Gasteiger partial charge in [0.1, 0.15) is 13.1 Å². The van der Waals surface area contributed by atoms with Crippen molar-refractivity contribution in [2.24, 2.45) is 5.92 Å². The maximum absolute atomic E-state index is 8.83. The summed E-state index contributed by atoms with van der Waals surface area (Å²) in [7, 11) is -4.19. The standard InChI is InChI=1S/C10H18N.ClH3O4/c1-9-5-6-10-4-2-3-7-11(10)8-9;2-1(3,4)5/h9H,2-8H2,1H3;2-4H/q+1;. The van der Waals surface area contributed by atoms with Crippen LogP contribution in [0.5, 0.6) is 0 Å². The van der Waals surface area contributed by atoms with Gasteiger partial charge in [0.25, 0.3) is 0 Å². The van der Waals surface area contributed by atoms with Crippen molar-refractivity contribution in [3.8, 4) is 0 Å². The van der Waals surface area contributed by atoms with Gasteiger partial charge >= 0.3 is 28.9 Å². The fourth-order valence-electron chi connectivity index (χ4n) is 2.33. The van der Waals surface area contributed by atoms with Crippen LogP contribution >= 0.6 is 0 Å². The van der Waals surface area contributed by atoms with Crippen LogP contribution in [0.3, 0.4) is 0 Å². The summed E-state index contributed by atoms with van der Waals surface area (Å²) in [4.78, 5) is 0. The summed E-state index contributed by atoms with van der Waals surface area (Å²) in [5, 5.41) is 0. The van der Waals surface area contributed by atoms with Gasteiger partial charge in [0.2, 0.25) is 0 Å². The zero-order valence-corrected chi connectivity index (χ0v) is 10.4. The van der Waals surface area contributed by atoms with Crippen molar-refractivity contribution in [3.63, 3.8) is 0 Å². The van der Waals surface area contributed by atoms with Gasteiger partial charge in [0.05, 0.1) is 0 Å². The van der Waals surface area contributed by atoms with E-state index in [1.807, 2.05) is 0 Å². The molecule has 0 radical (unpaired) electrons. The van der Waals surface area contributed by atoms with Crippen molar-refractivity contribution >= 4 is 5.71 Å². The first-order valence-electron chi connectivity index (χ1n) is 5.62. The number of hydrogen-bond donors (Lipinski definition) is 3. The summed E-state index contributed by atoms with van der Waals surface area (Å²) in [6.07, 6.45) is 7.09. The zero-order chi connectivity index (χ0) is 12.2. The molecule has 5 nitrogen and oxygen atoms in total. The van der Waals surface area contributed by atoms with Crippen molar-refractivity contribution in [3.05, 3.63) is 0 Å². The summed E-state index contributed by atoms with van der Waals surface area (Å²) in [5.74, 6) is 0.942. The third-order valence-corrected chi connectivity index (χ3v) is 3.05. The number of hydrogen-bond acceptors (Lipinski definition) is 4. The van der Waals surface area contributed by atoms with Gasteiger partial charge in [-0.3, -0.25) is 0 Å². The van der Waals surface area contributed by atoms with Crippen LogP contribution in [0.4, 0.5) is 0 Å². The normalized spacial score (nSPS) is 26.7. The molecule has 0 fully saturated rings. The molecule has 1 atom stereocenters. The van der Waals surface area contributed by atoms with E-state index < -0.39 is 10.2 Å². The number of halogens is 1. The van der Waals surface area contributed by atoms with E-state index in [0.717, 1.165) is 5.92 Å². The van der Waals surface area contributed by atoms with Gasteiger partial charge < -0.3 is 0 Å². The summed E-state index contributed by atoms with van der Waals surface area (Å²) >= 11 is 0. The van der Waals surface area contributed by atoms with Gasteiger partial charge in [0, 0.05) is 25.2 Å². The quantitative estimate of drug-likeness (QED) is 0.494. The monoisotopic (exact) mass is 254 g/mol. The van der Waals surface area contributed by atoms with Crippen molar-refractivity contribution < 1.29 is 33.5 Å². The van der Waals surface area contributed by atoms with E-state index in [-0.39, 0.29) is 0 Å². The van der Waals surface area contributed by atoms with E-state index in [2.05, 4.69) is 11.5 Å². The van der Waals surface area contributed by atoms with Gasteiger partial charge in [-0.2, -0.15) is 0 Å². The Bertz CT molecular complexity index is 256. The molecule has 16 heavy (non-hydrogen) atoms. The third-order valence-electron chi connectivity index (χ3n) is 3.05. The first-order valence-corrected chi connectivity index (χ1v) is 6.94. The second-order valence-corrected chi connectivity index (χ2v) is 5.41. The van der Waals surface area contributed by atoms with Crippen molar-refractivity contribution in [1.82, 2.24) is 0 Å². The Kier molecular flexibility index (Phi) is 5.14. The van der Waals surface area contributed by atoms with Crippen LogP contribution in [-0.2, 0) is 0 Å². The molecule has 0 aliphatic carbocycles. The molecular formula is C10H21ClNO4+. The average Bonchev–Trinajstić information content (AvgIpc) is 2.15. The minimum absolute atomic E-state index is 0.942. The van der Waals surface area contributed by atoms with Crippen LogP contribution in [0, 0.1) is 16.2 Å². The Morgan fingerprint density at radius 1 is 1.25 bits per heavy atom. The van der Waals surface area contributed by atoms with E-state index in [9.17, 15) is 0 Å². The minimum atomic E-state index is -4.19. The molecule has 1 unspecified atom stereocenters. The molecule has 3 N–H and O–H groups in total. The van der Waals surface area contributed by atoms with Crippen molar-refractivity contribution in [1.29, 1.82) is 0 Å². The summed E-state index contributed by atoms with van der Waals surface area (Å²) in [6.45, 7) is 5.07. The van der Waals surface area contributed by atoms with Crippen LogP contribution < -0.4 is 4.66 Å². The average molecular weight is 255 g/mol. The predicted molar refractivity (Wildman–Crippen MR) is 53.9 cm³/mol. The van der Waals surface area contributed by atoms with Gasteiger partial charge in [-0.15, -0.1) is 0 Å². The first kappa shape index (κ1) is 13.9. The molecule has 0 aromatic rings. The molecule has 6 heteroatoms. The molecule has 0 saturated heterocycles. The number of nitrogens with zero attached hydrogens (tertiary/aromatic N) is 1. The van der Waals surface area contributed by atoms with Gasteiger partial charge in [-0.1, -0.05) is 6.92 Å². The van der Waals surface area contributed by atoms with Crippen LogP contribution in [0.1, 0.15) is 39.0 Å². The topological polar surface area (TPSA) is 86.8 Å². The fraction of sp³-hybridized carbons (Fsp3) is 0.900. The van der Waals surface area contributed by atoms with Crippen LogP contribution in [0.2, 0.25) is 0 Å². The molecule has 96 valence electrons. The summed E-state index contributed by atoms with van der Waals surface area (Å²) < 4.78 is 32.9. The van der Waals surface area contributed by atoms with E-state index >= 15 is 0 Å². The maximum atomic E-state index is 8.83. The van der Waals surface area contributed by atoms with Crippen molar-refractivity contribution in [2.75, 3.05) is 13.1 Å². The molecule has 0 aromatic carbocycles. The molecule has 0 amide bonds. The van der Waals surface area contributed by atoms with Crippen LogP contribution in [0.25, 0.3) is 0 Å². The molecule has 2 rings (SSSR count). The Balaban J connectivity index is 0.000000221. The van der Waals surface area contributed by atoms with Gasteiger partial charge in [0.15, 0.2) is 5.71 Å². The zero-order valence-electron chi connectivity index (χ0n) is 9.60. The van der Waals surface area contributed by atoms with E-state index in [1.54, 1.807) is 5.71 Å². The molecule has 2 heterocycles. The summed E-state index contributed by atoms with van der Waals surface area (Å²) in [5.41, 5.74) is 1.76. The van der Waals surface area contributed by atoms with Gasteiger partial charge in [-0.25, -0.2) is 4.58 Å². The molecule has 0 spiro atoms. The second kappa shape index (κ2) is 5.93. The SMILES string of the molecule is CC1CCC2=[N+](CCCC2)C1.[O-][Cl+](O)(O)O. The second-order valence-electron chi connectivity index (χ2n) is 4.55. The van der Waals surface area contributed by atoms with Crippen LogP contribution in [0.15, 0.2) is 0 Å². The van der Waals surface area contributed by atoms with E-state index in [4.69, 9.17) is 18.6 Å². The third kappa shape index (κ3) is 5.77. The molecule has 0 aromatic heterocycles. The van der Waals surface area contributed by atoms with Crippen molar-refractivity contribution in [2.45, 2.75) is 39.0 Å². The fourth-order valence-corrected chi connectivity index (χ4v) is 2.33. The Morgan fingerprint density at radius 3 is 2.50 bits per heavy atom.